The summed E-state index contributed by atoms with van der Waals surface area (Å²) >= 11 is 8.05. The zero-order valence-corrected chi connectivity index (χ0v) is 12.9. The number of halogens is 2. The summed E-state index contributed by atoms with van der Waals surface area (Å²) < 4.78 is 19.6. The van der Waals surface area contributed by atoms with E-state index in [1.807, 2.05) is 18.9 Å². The molecule has 100 valence electrons. The third-order valence-electron chi connectivity index (χ3n) is 2.78. The molecule has 18 heavy (non-hydrogen) atoms. The van der Waals surface area contributed by atoms with Gasteiger partial charge in [0.15, 0.2) is 5.82 Å². The largest absolute Gasteiger partial charge is 0.389 e. The maximum Gasteiger partial charge on any atom is 0.161 e. The Kier molecular flexibility index (Phi) is 5.49. The second-order valence-electron chi connectivity index (χ2n) is 4.04. The van der Waals surface area contributed by atoms with Gasteiger partial charge in [0, 0.05) is 25.8 Å². The molecule has 0 aliphatic heterocycles. The van der Waals surface area contributed by atoms with Crippen molar-refractivity contribution in [1.29, 1.82) is 0 Å². The van der Waals surface area contributed by atoms with Crippen molar-refractivity contribution in [3.05, 3.63) is 28.0 Å². The molecule has 0 radical (unpaired) electrons. The first-order valence-corrected chi connectivity index (χ1v) is 6.59. The predicted octanol–water partition coefficient (Wildman–Crippen LogP) is 2.69. The SMILES string of the molecule is COCC(C)N(C)c1ccc(C(N)=S)c(Br)c1F. The number of rotatable bonds is 5. The Hall–Kier alpha value is -0.720. The highest BCUT2D eigenvalue weighted by Gasteiger charge is 2.18. The molecule has 1 atom stereocenters. The molecule has 1 aromatic rings. The number of hydrogen-bond donors (Lipinski definition) is 1. The highest BCUT2D eigenvalue weighted by Crippen LogP contribution is 2.29. The predicted molar refractivity (Wildman–Crippen MR) is 79.7 cm³/mol. The summed E-state index contributed by atoms with van der Waals surface area (Å²) in [6, 6.07) is 3.44. The second-order valence-corrected chi connectivity index (χ2v) is 5.27. The lowest BCUT2D eigenvalue weighted by molar-refractivity contribution is 0.183. The van der Waals surface area contributed by atoms with Gasteiger partial charge in [-0.25, -0.2) is 4.39 Å². The number of nitrogens with zero attached hydrogens (tertiary/aromatic N) is 1. The molecule has 1 unspecified atom stereocenters. The van der Waals surface area contributed by atoms with E-state index < -0.39 is 0 Å². The van der Waals surface area contributed by atoms with Gasteiger partial charge in [-0.3, -0.25) is 0 Å². The fraction of sp³-hybridized carbons (Fsp3) is 0.417. The molecule has 0 amide bonds. The number of methoxy groups -OCH3 is 1. The van der Waals surface area contributed by atoms with Crippen LogP contribution < -0.4 is 10.6 Å². The van der Waals surface area contributed by atoms with E-state index in [0.29, 0.717) is 22.3 Å². The third-order valence-corrected chi connectivity index (χ3v) is 3.77. The number of ether oxygens (including phenoxy) is 1. The van der Waals surface area contributed by atoms with Gasteiger partial charge in [0.1, 0.15) is 4.99 Å². The topological polar surface area (TPSA) is 38.5 Å². The Bertz CT molecular complexity index is 456. The summed E-state index contributed by atoms with van der Waals surface area (Å²) in [5.41, 5.74) is 6.50. The van der Waals surface area contributed by atoms with E-state index in [9.17, 15) is 4.39 Å². The van der Waals surface area contributed by atoms with Crippen molar-refractivity contribution in [3.63, 3.8) is 0 Å². The van der Waals surface area contributed by atoms with Crippen molar-refractivity contribution in [2.45, 2.75) is 13.0 Å². The van der Waals surface area contributed by atoms with Crippen molar-refractivity contribution in [2.24, 2.45) is 5.73 Å². The molecule has 0 spiro atoms. The summed E-state index contributed by atoms with van der Waals surface area (Å²) in [6.45, 7) is 2.48. The molecule has 0 fully saturated rings. The molecule has 0 aliphatic carbocycles. The van der Waals surface area contributed by atoms with Crippen LogP contribution in [-0.2, 0) is 4.74 Å². The van der Waals surface area contributed by atoms with Crippen LogP contribution in [0.3, 0.4) is 0 Å². The third kappa shape index (κ3) is 3.18. The van der Waals surface area contributed by atoms with Crippen molar-refractivity contribution in [1.82, 2.24) is 0 Å². The molecule has 6 heteroatoms. The fourth-order valence-corrected chi connectivity index (χ4v) is 2.44. The van der Waals surface area contributed by atoms with E-state index in [1.54, 1.807) is 19.2 Å². The van der Waals surface area contributed by atoms with Gasteiger partial charge in [0.25, 0.3) is 0 Å². The summed E-state index contributed by atoms with van der Waals surface area (Å²) in [4.78, 5) is 1.98. The summed E-state index contributed by atoms with van der Waals surface area (Å²) in [5.74, 6) is -0.370. The van der Waals surface area contributed by atoms with Gasteiger partial charge in [-0.15, -0.1) is 0 Å². The number of thiocarbonyl (C=S) groups is 1. The fourth-order valence-electron chi connectivity index (χ4n) is 1.59. The first-order valence-electron chi connectivity index (χ1n) is 5.39. The zero-order chi connectivity index (χ0) is 13.9. The van der Waals surface area contributed by atoms with E-state index >= 15 is 0 Å². The molecular weight excluding hydrogens is 319 g/mol. The first kappa shape index (κ1) is 15.3. The summed E-state index contributed by atoms with van der Waals surface area (Å²) in [6.07, 6.45) is 0. The minimum atomic E-state index is -0.370. The van der Waals surface area contributed by atoms with E-state index in [4.69, 9.17) is 22.7 Å². The minimum Gasteiger partial charge on any atom is -0.389 e. The standard InChI is InChI=1S/C12H16BrFN2OS/c1-7(6-17-3)16(2)9-5-4-8(12(15)18)10(13)11(9)14/h4-5,7H,6H2,1-3H3,(H2,15,18). The monoisotopic (exact) mass is 334 g/mol. The first-order chi connectivity index (χ1) is 8.40. The highest BCUT2D eigenvalue weighted by atomic mass is 79.9. The van der Waals surface area contributed by atoms with Crippen LogP contribution in [0, 0.1) is 5.82 Å². The van der Waals surface area contributed by atoms with Crippen LogP contribution in [0.2, 0.25) is 0 Å². The molecule has 2 N–H and O–H groups in total. The number of nitrogens with two attached hydrogens (primary N) is 1. The maximum atomic E-state index is 14.2. The molecular formula is C12H16BrFN2OS. The number of anilines is 1. The maximum absolute atomic E-state index is 14.2. The molecule has 3 nitrogen and oxygen atoms in total. The van der Waals surface area contributed by atoms with Gasteiger partial charge in [-0.1, -0.05) is 12.2 Å². The zero-order valence-electron chi connectivity index (χ0n) is 10.5. The minimum absolute atomic E-state index is 0.0621. The second kappa shape index (κ2) is 6.45. The van der Waals surface area contributed by atoms with E-state index in [1.165, 1.54) is 0 Å². The normalized spacial score (nSPS) is 12.3. The van der Waals surface area contributed by atoms with E-state index in [2.05, 4.69) is 15.9 Å². The van der Waals surface area contributed by atoms with Crippen LogP contribution in [0.15, 0.2) is 16.6 Å². The van der Waals surface area contributed by atoms with Crippen molar-refractivity contribution < 1.29 is 9.13 Å². The van der Waals surface area contributed by atoms with Crippen LogP contribution >= 0.6 is 28.1 Å². The molecule has 1 rings (SSSR count). The number of benzene rings is 1. The highest BCUT2D eigenvalue weighted by molar-refractivity contribution is 9.10. The van der Waals surface area contributed by atoms with Crippen LogP contribution in [0.4, 0.5) is 10.1 Å². The Morgan fingerprint density at radius 3 is 2.72 bits per heavy atom. The lowest BCUT2D eigenvalue weighted by Crippen LogP contribution is -2.33. The summed E-state index contributed by atoms with van der Waals surface area (Å²) in [5, 5.41) is 0. The Labute approximate surface area is 120 Å². The average molecular weight is 335 g/mol. The van der Waals surface area contributed by atoms with E-state index in [-0.39, 0.29) is 16.8 Å². The smallest absolute Gasteiger partial charge is 0.161 e. The molecule has 0 aromatic heterocycles. The van der Waals surface area contributed by atoms with Crippen molar-refractivity contribution >= 4 is 38.8 Å². The van der Waals surface area contributed by atoms with Gasteiger partial charge in [-0.05, 0) is 35.0 Å². The van der Waals surface area contributed by atoms with Gasteiger partial charge in [-0.2, -0.15) is 0 Å². The number of likely N-dealkylation sites (N-methyl/N-ethyl adjacent to an activating group) is 1. The van der Waals surface area contributed by atoms with Gasteiger partial charge in [0.05, 0.1) is 16.8 Å². The van der Waals surface area contributed by atoms with Gasteiger partial charge in [0.2, 0.25) is 0 Å². The summed E-state index contributed by atoms with van der Waals surface area (Å²) in [7, 11) is 3.43. The quantitative estimate of drug-likeness (QED) is 0.840. The Morgan fingerprint density at radius 2 is 2.22 bits per heavy atom. The molecule has 0 aliphatic rings. The van der Waals surface area contributed by atoms with Crippen LogP contribution in [0.5, 0.6) is 0 Å². The molecule has 1 aromatic carbocycles. The lowest BCUT2D eigenvalue weighted by Gasteiger charge is -2.27. The van der Waals surface area contributed by atoms with E-state index in [0.717, 1.165) is 0 Å². The van der Waals surface area contributed by atoms with Crippen LogP contribution in [0.25, 0.3) is 0 Å². The molecule has 0 saturated carbocycles. The average Bonchev–Trinajstić information content (AvgIpc) is 2.31. The van der Waals surface area contributed by atoms with Crippen molar-refractivity contribution in [2.75, 3.05) is 25.7 Å². The van der Waals surface area contributed by atoms with Gasteiger partial charge < -0.3 is 15.4 Å². The molecule has 0 bridgehead atoms. The molecule has 0 heterocycles. The lowest BCUT2D eigenvalue weighted by atomic mass is 10.1. The number of hydrogen-bond acceptors (Lipinski definition) is 3. The van der Waals surface area contributed by atoms with Crippen LogP contribution in [-0.4, -0.2) is 31.8 Å². The Morgan fingerprint density at radius 1 is 1.61 bits per heavy atom. The molecule has 0 saturated heterocycles. The van der Waals surface area contributed by atoms with Crippen molar-refractivity contribution in [3.8, 4) is 0 Å². The Balaban J connectivity index is 3.12. The van der Waals surface area contributed by atoms with Gasteiger partial charge >= 0.3 is 0 Å². The van der Waals surface area contributed by atoms with Crippen LogP contribution in [0.1, 0.15) is 12.5 Å².